The predicted molar refractivity (Wildman–Crippen MR) is 108 cm³/mol. The van der Waals surface area contributed by atoms with Gasteiger partial charge in [-0.05, 0) is 19.4 Å². The van der Waals surface area contributed by atoms with Crippen LogP contribution in [0.3, 0.4) is 0 Å². The Hall–Kier alpha value is -1.44. The minimum atomic E-state index is -0.0740. The summed E-state index contributed by atoms with van der Waals surface area (Å²) in [6.07, 6.45) is 2.65. The van der Waals surface area contributed by atoms with Gasteiger partial charge in [-0.15, -0.1) is 11.3 Å². The van der Waals surface area contributed by atoms with Crippen molar-refractivity contribution in [1.82, 2.24) is 9.88 Å². The van der Waals surface area contributed by atoms with Gasteiger partial charge in [-0.1, -0.05) is 54.3 Å². The Morgan fingerprint density at radius 3 is 2.67 bits per heavy atom. The number of rotatable bonds is 7. The van der Waals surface area contributed by atoms with Crippen molar-refractivity contribution in [2.45, 2.75) is 20.3 Å². The molecular formula is C17H21N3OS3. The lowest BCUT2D eigenvalue weighted by Gasteiger charge is -2.20. The molecule has 1 N–H and O–H groups in total. The Morgan fingerprint density at radius 2 is 2.00 bits per heavy atom. The molecule has 0 bridgehead atoms. The molecule has 128 valence electrons. The highest BCUT2D eigenvalue weighted by molar-refractivity contribution is 8.23. The van der Waals surface area contributed by atoms with Crippen molar-refractivity contribution in [3.63, 3.8) is 0 Å². The minimum Gasteiger partial charge on any atom is -0.358 e. The van der Waals surface area contributed by atoms with Crippen LogP contribution in [0.15, 0.2) is 36.5 Å². The van der Waals surface area contributed by atoms with E-state index in [1.165, 1.54) is 28.7 Å². The van der Waals surface area contributed by atoms with E-state index in [9.17, 15) is 4.79 Å². The van der Waals surface area contributed by atoms with E-state index in [4.69, 9.17) is 12.2 Å². The molecular weight excluding hydrogens is 358 g/mol. The number of hydrogen-bond acceptors (Lipinski definition) is 5. The largest absolute Gasteiger partial charge is 0.358 e. The van der Waals surface area contributed by atoms with Gasteiger partial charge in [0.15, 0.2) is 5.13 Å². The molecule has 1 heterocycles. The second-order valence-corrected chi connectivity index (χ2v) is 7.79. The van der Waals surface area contributed by atoms with Crippen molar-refractivity contribution in [3.05, 3.63) is 47.0 Å². The average molecular weight is 380 g/mol. The van der Waals surface area contributed by atoms with Crippen LogP contribution in [0.2, 0.25) is 0 Å². The van der Waals surface area contributed by atoms with E-state index < -0.39 is 0 Å². The Kier molecular flexibility index (Phi) is 7.68. The van der Waals surface area contributed by atoms with E-state index in [2.05, 4.69) is 41.2 Å². The first kappa shape index (κ1) is 18.9. The first-order valence-electron chi connectivity index (χ1n) is 7.82. The van der Waals surface area contributed by atoms with Crippen molar-refractivity contribution in [2.75, 3.05) is 24.2 Å². The predicted octanol–water partition coefficient (Wildman–Crippen LogP) is 4.03. The number of carbonyl (C=O) groups is 1. The van der Waals surface area contributed by atoms with E-state index in [-0.39, 0.29) is 5.91 Å². The summed E-state index contributed by atoms with van der Waals surface area (Å²) in [4.78, 5) is 19.5. The second-order valence-electron chi connectivity index (χ2n) is 5.07. The van der Waals surface area contributed by atoms with Crippen molar-refractivity contribution >= 4 is 50.7 Å². The molecule has 0 spiro atoms. The summed E-state index contributed by atoms with van der Waals surface area (Å²) in [5.74, 6) is 0.234. The summed E-state index contributed by atoms with van der Waals surface area (Å²) < 4.78 is 0.763. The lowest BCUT2D eigenvalue weighted by atomic mass is 10.1. The van der Waals surface area contributed by atoms with Gasteiger partial charge < -0.3 is 10.2 Å². The highest BCUT2D eigenvalue weighted by Gasteiger charge is 2.11. The van der Waals surface area contributed by atoms with Crippen LogP contribution in [-0.4, -0.2) is 39.0 Å². The molecule has 0 aliphatic heterocycles. The molecule has 0 radical (unpaired) electrons. The smallest absolute Gasteiger partial charge is 0.236 e. The van der Waals surface area contributed by atoms with Crippen LogP contribution >= 0.6 is 35.3 Å². The number of aromatic nitrogens is 1. The fraction of sp³-hybridized carbons (Fsp3) is 0.353. The van der Waals surface area contributed by atoms with Gasteiger partial charge in [0.2, 0.25) is 5.91 Å². The number of thiocarbonyl (C=S) groups is 1. The van der Waals surface area contributed by atoms with E-state index in [1.54, 1.807) is 0 Å². The third-order valence-electron chi connectivity index (χ3n) is 3.37. The van der Waals surface area contributed by atoms with Gasteiger partial charge >= 0.3 is 0 Å². The highest BCUT2D eigenvalue weighted by atomic mass is 32.2. The van der Waals surface area contributed by atoms with Crippen LogP contribution < -0.4 is 5.32 Å². The van der Waals surface area contributed by atoms with Crippen LogP contribution in [0, 0.1) is 0 Å². The Balaban J connectivity index is 1.81. The highest BCUT2D eigenvalue weighted by Crippen LogP contribution is 2.21. The summed E-state index contributed by atoms with van der Waals surface area (Å²) in [7, 11) is 0. The molecule has 0 aliphatic rings. The van der Waals surface area contributed by atoms with Crippen molar-refractivity contribution < 1.29 is 4.79 Å². The van der Waals surface area contributed by atoms with E-state index >= 15 is 0 Å². The summed E-state index contributed by atoms with van der Waals surface area (Å²) in [5.41, 5.74) is 1.24. The lowest BCUT2D eigenvalue weighted by molar-refractivity contribution is -0.113. The second kappa shape index (κ2) is 9.76. The molecule has 0 fully saturated rings. The van der Waals surface area contributed by atoms with Gasteiger partial charge in [-0.2, -0.15) is 0 Å². The lowest BCUT2D eigenvalue weighted by Crippen LogP contribution is -2.28. The van der Waals surface area contributed by atoms with E-state index in [0.29, 0.717) is 10.9 Å². The zero-order valence-electron chi connectivity index (χ0n) is 13.8. The molecule has 2 aromatic rings. The van der Waals surface area contributed by atoms with Crippen LogP contribution in [0.4, 0.5) is 5.13 Å². The van der Waals surface area contributed by atoms with Gasteiger partial charge in [0.1, 0.15) is 4.32 Å². The topological polar surface area (TPSA) is 45.2 Å². The van der Waals surface area contributed by atoms with Crippen LogP contribution in [0.25, 0.3) is 0 Å². The Labute approximate surface area is 156 Å². The average Bonchev–Trinajstić information content (AvgIpc) is 3.02. The number of thioether (sulfide) groups is 1. The van der Waals surface area contributed by atoms with Crippen molar-refractivity contribution in [1.29, 1.82) is 0 Å². The number of benzene rings is 1. The number of amides is 1. The molecule has 4 nitrogen and oxygen atoms in total. The number of carbonyl (C=O) groups excluding carboxylic acids is 1. The molecule has 1 aromatic carbocycles. The molecule has 0 aliphatic carbocycles. The number of anilines is 1. The van der Waals surface area contributed by atoms with Gasteiger partial charge in [0.25, 0.3) is 0 Å². The summed E-state index contributed by atoms with van der Waals surface area (Å²) >= 11 is 8.23. The number of nitrogens with zero attached hydrogens (tertiary/aromatic N) is 2. The van der Waals surface area contributed by atoms with E-state index in [0.717, 1.165) is 28.7 Å². The summed E-state index contributed by atoms with van der Waals surface area (Å²) in [6, 6.07) is 10.2. The maximum Gasteiger partial charge on any atom is 0.236 e. The quantitative estimate of drug-likeness (QED) is 0.736. The fourth-order valence-electron chi connectivity index (χ4n) is 2.10. The first-order valence-corrected chi connectivity index (χ1v) is 10.0. The third-order valence-corrected chi connectivity index (χ3v) is 5.81. The van der Waals surface area contributed by atoms with Gasteiger partial charge in [-0.3, -0.25) is 4.79 Å². The maximum atomic E-state index is 12.0. The SMILES string of the molecule is CCN(CC)C(=S)SCC(=O)Nc1ncc(Cc2ccccc2)s1. The van der Waals surface area contributed by atoms with Crippen LogP contribution in [0.1, 0.15) is 24.3 Å². The molecule has 1 amide bonds. The monoisotopic (exact) mass is 379 g/mol. The fourth-order valence-corrected chi connectivity index (χ4v) is 4.17. The van der Waals surface area contributed by atoms with Crippen LogP contribution in [0.5, 0.6) is 0 Å². The third kappa shape index (κ3) is 5.89. The van der Waals surface area contributed by atoms with Gasteiger partial charge in [0, 0.05) is 30.6 Å². The molecule has 7 heteroatoms. The van der Waals surface area contributed by atoms with E-state index in [1.807, 2.05) is 24.4 Å². The van der Waals surface area contributed by atoms with Gasteiger partial charge in [0.05, 0.1) is 5.75 Å². The summed E-state index contributed by atoms with van der Waals surface area (Å²) in [6.45, 7) is 5.83. The van der Waals surface area contributed by atoms with Crippen molar-refractivity contribution in [3.8, 4) is 0 Å². The summed E-state index contributed by atoms with van der Waals surface area (Å²) in [5, 5.41) is 3.49. The normalized spacial score (nSPS) is 10.4. The first-order chi connectivity index (χ1) is 11.6. The number of thiazole rings is 1. The molecule has 0 unspecified atom stereocenters. The zero-order valence-corrected chi connectivity index (χ0v) is 16.3. The van der Waals surface area contributed by atoms with Crippen LogP contribution in [-0.2, 0) is 11.2 Å². The zero-order chi connectivity index (χ0) is 17.4. The minimum absolute atomic E-state index is 0.0740. The van der Waals surface area contributed by atoms with Crippen molar-refractivity contribution in [2.24, 2.45) is 0 Å². The Bertz CT molecular complexity index is 669. The maximum absolute atomic E-state index is 12.0. The van der Waals surface area contributed by atoms with Gasteiger partial charge in [-0.25, -0.2) is 4.98 Å². The molecule has 1 aromatic heterocycles. The molecule has 0 saturated carbocycles. The molecule has 0 atom stereocenters. The molecule has 2 rings (SSSR count). The standard InChI is InChI=1S/C17H21N3OS3/c1-3-20(4-2)17(22)23-12-15(21)19-16-18-11-14(24-16)10-13-8-6-5-7-9-13/h5-9,11H,3-4,10,12H2,1-2H3,(H,18,19,21). The number of hydrogen-bond donors (Lipinski definition) is 1. The molecule has 24 heavy (non-hydrogen) atoms. The Morgan fingerprint density at radius 1 is 1.29 bits per heavy atom. The molecule has 0 saturated heterocycles. The number of nitrogens with one attached hydrogen (secondary N) is 1.